The van der Waals surface area contributed by atoms with Crippen LogP contribution in [0.2, 0.25) is 0 Å². The Morgan fingerprint density at radius 1 is 1.91 bits per heavy atom. The zero-order valence-electron chi connectivity index (χ0n) is 6.67. The molecule has 3 nitrogen and oxygen atoms in total. The normalized spacial score (nSPS) is 12.8. The first-order chi connectivity index (χ1) is 5.34. The minimum atomic E-state index is 0.315. The largest absolute Gasteiger partial charge is 0.305 e. The minimum absolute atomic E-state index is 0.315. The molecule has 0 aliphatic carbocycles. The molecule has 11 heavy (non-hydrogen) atoms. The molecule has 0 amide bonds. The number of hydrogen-bond donors (Lipinski definition) is 2. The average molecular weight is 151 g/mol. The van der Waals surface area contributed by atoms with Crippen molar-refractivity contribution in [2.45, 2.75) is 13.0 Å². The second-order valence-electron chi connectivity index (χ2n) is 2.43. The quantitative estimate of drug-likeness (QED) is 0.636. The van der Waals surface area contributed by atoms with E-state index in [0.29, 0.717) is 6.04 Å². The molecule has 0 fully saturated rings. The smallest absolute Gasteiger partial charge is 0.0518 e. The van der Waals surface area contributed by atoms with Gasteiger partial charge in [0.25, 0.3) is 0 Å². The summed E-state index contributed by atoms with van der Waals surface area (Å²) in [4.78, 5) is 0. The summed E-state index contributed by atoms with van der Waals surface area (Å²) in [6.45, 7) is 6.53. The molecular weight excluding hydrogens is 138 g/mol. The van der Waals surface area contributed by atoms with E-state index in [1.54, 1.807) is 6.20 Å². The number of hydrogen-bond acceptors (Lipinski definition) is 2. The topological polar surface area (TPSA) is 40.7 Å². The summed E-state index contributed by atoms with van der Waals surface area (Å²) in [6, 6.07) is 2.27. The van der Waals surface area contributed by atoms with Crippen molar-refractivity contribution in [2.24, 2.45) is 0 Å². The lowest BCUT2D eigenvalue weighted by molar-refractivity contribution is 0.599. The highest BCUT2D eigenvalue weighted by atomic mass is 15.1. The molecule has 1 heterocycles. The monoisotopic (exact) mass is 151 g/mol. The molecule has 2 N–H and O–H groups in total. The second-order valence-corrected chi connectivity index (χ2v) is 2.43. The summed E-state index contributed by atoms with van der Waals surface area (Å²) >= 11 is 0. The van der Waals surface area contributed by atoms with Gasteiger partial charge in [-0.3, -0.25) is 5.10 Å². The van der Waals surface area contributed by atoms with Crippen LogP contribution in [0, 0.1) is 0 Å². The van der Waals surface area contributed by atoms with E-state index in [9.17, 15) is 0 Å². The van der Waals surface area contributed by atoms with Gasteiger partial charge in [-0.25, -0.2) is 0 Å². The first-order valence-corrected chi connectivity index (χ1v) is 3.68. The van der Waals surface area contributed by atoms with Crippen molar-refractivity contribution in [3.05, 3.63) is 30.6 Å². The third-order valence-corrected chi connectivity index (χ3v) is 1.56. The summed E-state index contributed by atoms with van der Waals surface area (Å²) in [7, 11) is 0. The maximum absolute atomic E-state index is 3.86. The van der Waals surface area contributed by atoms with E-state index in [-0.39, 0.29) is 0 Å². The molecule has 1 atom stereocenters. The molecule has 0 spiro atoms. The van der Waals surface area contributed by atoms with Gasteiger partial charge < -0.3 is 5.32 Å². The molecule has 3 heteroatoms. The Balaban J connectivity index is 2.42. The Morgan fingerprint density at radius 3 is 3.27 bits per heavy atom. The number of H-pyrrole nitrogens is 1. The lowest BCUT2D eigenvalue weighted by atomic mass is 10.2. The highest BCUT2D eigenvalue weighted by molar-refractivity contribution is 5.03. The highest BCUT2D eigenvalue weighted by Gasteiger charge is 2.02. The van der Waals surface area contributed by atoms with E-state index < -0.39 is 0 Å². The zero-order chi connectivity index (χ0) is 8.10. The Bertz CT molecular complexity index is 203. The fourth-order valence-electron chi connectivity index (χ4n) is 0.878. The third kappa shape index (κ3) is 2.20. The molecule has 0 saturated heterocycles. The number of nitrogens with zero attached hydrogens (tertiary/aromatic N) is 1. The highest BCUT2D eigenvalue weighted by Crippen LogP contribution is 2.05. The standard InChI is InChI=1S/C8H13N3/c1-3-5-9-7(2)8-4-6-10-11-8/h3-4,6-7,9H,1,5H2,2H3,(H,10,11). The lowest BCUT2D eigenvalue weighted by Crippen LogP contribution is -2.18. The Hall–Kier alpha value is -1.09. The first-order valence-electron chi connectivity index (χ1n) is 3.68. The molecular formula is C8H13N3. The molecule has 0 bridgehead atoms. The van der Waals surface area contributed by atoms with Crippen molar-refractivity contribution in [1.82, 2.24) is 15.5 Å². The van der Waals surface area contributed by atoms with Crippen LogP contribution in [0.15, 0.2) is 24.9 Å². The maximum Gasteiger partial charge on any atom is 0.0518 e. The molecule has 0 saturated carbocycles. The van der Waals surface area contributed by atoms with E-state index in [1.807, 2.05) is 12.1 Å². The fraction of sp³-hybridized carbons (Fsp3) is 0.375. The number of aromatic amines is 1. The zero-order valence-corrected chi connectivity index (χ0v) is 6.67. The Labute approximate surface area is 66.5 Å². The van der Waals surface area contributed by atoms with Crippen LogP contribution in [-0.2, 0) is 0 Å². The van der Waals surface area contributed by atoms with Gasteiger partial charge in [-0.05, 0) is 13.0 Å². The van der Waals surface area contributed by atoms with Gasteiger partial charge in [0.05, 0.1) is 5.69 Å². The lowest BCUT2D eigenvalue weighted by Gasteiger charge is -2.08. The second kappa shape index (κ2) is 3.93. The van der Waals surface area contributed by atoms with Crippen LogP contribution in [0.5, 0.6) is 0 Å². The van der Waals surface area contributed by atoms with Crippen LogP contribution in [-0.4, -0.2) is 16.7 Å². The molecule has 0 aromatic carbocycles. The van der Waals surface area contributed by atoms with Crippen LogP contribution in [0.3, 0.4) is 0 Å². The molecule has 0 aliphatic rings. The van der Waals surface area contributed by atoms with Crippen LogP contribution < -0.4 is 5.32 Å². The number of aromatic nitrogens is 2. The molecule has 1 aromatic heterocycles. The number of nitrogens with one attached hydrogen (secondary N) is 2. The van der Waals surface area contributed by atoms with Crippen LogP contribution in [0.4, 0.5) is 0 Å². The molecule has 1 unspecified atom stereocenters. The summed E-state index contributed by atoms with van der Waals surface area (Å²) in [5, 5.41) is 10.0. The van der Waals surface area contributed by atoms with Gasteiger partial charge in [0.15, 0.2) is 0 Å². The molecule has 0 radical (unpaired) electrons. The summed E-state index contributed by atoms with van der Waals surface area (Å²) < 4.78 is 0. The van der Waals surface area contributed by atoms with Crippen LogP contribution >= 0.6 is 0 Å². The predicted octanol–water partition coefficient (Wildman–Crippen LogP) is 1.25. The van der Waals surface area contributed by atoms with Gasteiger partial charge in [0, 0.05) is 18.8 Å². The van der Waals surface area contributed by atoms with E-state index in [1.165, 1.54) is 0 Å². The van der Waals surface area contributed by atoms with Crippen molar-refractivity contribution in [3.63, 3.8) is 0 Å². The van der Waals surface area contributed by atoms with Crippen molar-refractivity contribution >= 4 is 0 Å². The van der Waals surface area contributed by atoms with Crippen molar-refractivity contribution in [2.75, 3.05) is 6.54 Å². The average Bonchev–Trinajstić information content (AvgIpc) is 2.52. The maximum atomic E-state index is 3.86. The van der Waals surface area contributed by atoms with E-state index in [2.05, 4.69) is 29.0 Å². The van der Waals surface area contributed by atoms with Gasteiger partial charge in [-0.15, -0.1) is 6.58 Å². The van der Waals surface area contributed by atoms with E-state index >= 15 is 0 Å². The summed E-state index contributed by atoms with van der Waals surface area (Å²) in [5.41, 5.74) is 1.10. The molecule has 1 rings (SSSR count). The van der Waals surface area contributed by atoms with Gasteiger partial charge in [-0.2, -0.15) is 5.10 Å². The van der Waals surface area contributed by atoms with Crippen molar-refractivity contribution in [1.29, 1.82) is 0 Å². The SMILES string of the molecule is C=CCNC(C)c1ccn[nH]1. The van der Waals surface area contributed by atoms with Gasteiger partial charge in [-0.1, -0.05) is 6.08 Å². The Morgan fingerprint density at radius 2 is 2.73 bits per heavy atom. The van der Waals surface area contributed by atoms with Crippen LogP contribution in [0.1, 0.15) is 18.7 Å². The number of rotatable bonds is 4. The van der Waals surface area contributed by atoms with Crippen molar-refractivity contribution < 1.29 is 0 Å². The molecule has 1 aromatic rings. The first kappa shape index (κ1) is 8.01. The third-order valence-electron chi connectivity index (χ3n) is 1.56. The van der Waals surface area contributed by atoms with Gasteiger partial charge in [0.1, 0.15) is 0 Å². The van der Waals surface area contributed by atoms with E-state index in [0.717, 1.165) is 12.2 Å². The molecule has 60 valence electrons. The van der Waals surface area contributed by atoms with E-state index in [4.69, 9.17) is 0 Å². The van der Waals surface area contributed by atoms with Crippen molar-refractivity contribution in [3.8, 4) is 0 Å². The van der Waals surface area contributed by atoms with Gasteiger partial charge >= 0.3 is 0 Å². The van der Waals surface area contributed by atoms with Gasteiger partial charge in [0.2, 0.25) is 0 Å². The molecule has 0 aliphatic heterocycles. The Kier molecular flexibility index (Phi) is 2.86. The van der Waals surface area contributed by atoms with Crippen LogP contribution in [0.25, 0.3) is 0 Å². The summed E-state index contributed by atoms with van der Waals surface area (Å²) in [6.07, 6.45) is 3.59. The summed E-state index contributed by atoms with van der Waals surface area (Å²) in [5.74, 6) is 0. The minimum Gasteiger partial charge on any atom is -0.305 e. The predicted molar refractivity (Wildman–Crippen MR) is 45.2 cm³/mol. The fourth-order valence-corrected chi connectivity index (χ4v) is 0.878.